The third-order valence-electron chi connectivity index (χ3n) is 3.13. The molecule has 4 heteroatoms. The van der Waals surface area contributed by atoms with E-state index in [9.17, 15) is 9.90 Å². The number of carbonyl (C=O) groups is 1. The lowest BCUT2D eigenvalue weighted by Crippen LogP contribution is -2.45. The van der Waals surface area contributed by atoms with Crippen LogP contribution in [-0.2, 0) is 4.74 Å². The minimum atomic E-state index is -0.509. The molecule has 0 saturated heterocycles. The molecule has 0 aromatic carbocycles. The fourth-order valence-electron chi connectivity index (χ4n) is 2.33. The summed E-state index contributed by atoms with van der Waals surface area (Å²) >= 11 is 0. The predicted octanol–water partition coefficient (Wildman–Crippen LogP) is 2.75. The third kappa shape index (κ3) is 4.54. The highest BCUT2D eigenvalue weighted by Gasteiger charge is 2.30. The van der Waals surface area contributed by atoms with Crippen LogP contribution in [0, 0.1) is 5.92 Å². The van der Waals surface area contributed by atoms with Crippen molar-refractivity contribution in [1.82, 2.24) is 4.90 Å². The van der Waals surface area contributed by atoms with Crippen molar-refractivity contribution in [2.75, 3.05) is 6.73 Å². The van der Waals surface area contributed by atoms with Crippen molar-refractivity contribution < 1.29 is 14.6 Å². The summed E-state index contributed by atoms with van der Waals surface area (Å²) in [5.41, 5.74) is -0.509. The van der Waals surface area contributed by atoms with Gasteiger partial charge in [-0.1, -0.05) is 19.8 Å². The van der Waals surface area contributed by atoms with E-state index in [-0.39, 0.29) is 12.8 Å². The summed E-state index contributed by atoms with van der Waals surface area (Å²) in [6.07, 6.45) is 3.85. The number of ether oxygens (including phenoxy) is 1. The standard InChI is InChI=1S/C13H25NO3/c1-10-6-5-7-11(8-10)14(9-15)12(16)17-13(2,3)4/h10-11,15H,5-9H2,1-4H3. The molecule has 1 N–H and O–H groups in total. The Balaban J connectivity index is 2.60. The molecule has 1 rings (SSSR count). The molecule has 4 nitrogen and oxygen atoms in total. The van der Waals surface area contributed by atoms with E-state index in [4.69, 9.17) is 4.74 Å². The van der Waals surface area contributed by atoms with Crippen molar-refractivity contribution in [2.24, 2.45) is 5.92 Å². The van der Waals surface area contributed by atoms with E-state index in [0.29, 0.717) is 5.92 Å². The number of nitrogens with zero attached hydrogens (tertiary/aromatic N) is 1. The largest absolute Gasteiger partial charge is 0.444 e. The Hall–Kier alpha value is -0.770. The monoisotopic (exact) mass is 243 g/mol. The van der Waals surface area contributed by atoms with Gasteiger partial charge in [-0.15, -0.1) is 0 Å². The lowest BCUT2D eigenvalue weighted by atomic mass is 9.86. The molecule has 0 aromatic heterocycles. The van der Waals surface area contributed by atoms with Crippen LogP contribution in [0.3, 0.4) is 0 Å². The van der Waals surface area contributed by atoms with E-state index < -0.39 is 11.7 Å². The Morgan fingerprint density at radius 1 is 1.41 bits per heavy atom. The molecule has 1 saturated carbocycles. The van der Waals surface area contributed by atoms with Gasteiger partial charge < -0.3 is 9.84 Å². The van der Waals surface area contributed by atoms with Crippen LogP contribution in [0.15, 0.2) is 0 Å². The number of amides is 1. The Labute approximate surface area is 104 Å². The molecule has 0 aromatic rings. The maximum Gasteiger partial charge on any atom is 0.412 e. The van der Waals surface area contributed by atoms with Gasteiger partial charge in [0.05, 0.1) is 0 Å². The molecule has 1 aliphatic rings. The first kappa shape index (κ1) is 14.3. The van der Waals surface area contributed by atoms with Crippen molar-refractivity contribution in [1.29, 1.82) is 0 Å². The number of rotatable bonds is 2. The minimum Gasteiger partial charge on any atom is -0.444 e. The molecule has 100 valence electrons. The highest BCUT2D eigenvalue weighted by atomic mass is 16.6. The van der Waals surface area contributed by atoms with Crippen LogP contribution in [0.2, 0.25) is 0 Å². The molecule has 1 amide bonds. The zero-order valence-corrected chi connectivity index (χ0v) is 11.4. The van der Waals surface area contributed by atoms with E-state index in [1.54, 1.807) is 0 Å². The summed E-state index contributed by atoms with van der Waals surface area (Å²) in [5, 5.41) is 9.36. The number of hydrogen-bond donors (Lipinski definition) is 1. The molecule has 2 atom stereocenters. The molecular weight excluding hydrogens is 218 g/mol. The zero-order chi connectivity index (χ0) is 13.1. The van der Waals surface area contributed by atoms with E-state index >= 15 is 0 Å². The van der Waals surface area contributed by atoms with Gasteiger partial charge in [0.15, 0.2) is 0 Å². The molecule has 0 aliphatic heterocycles. The first-order valence-electron chi connectivity index (χ1n) is 6.44. The SMILES string of the molecule is CC1CCCC(N(CO)C(=O)OC(C)(C)C)C1. The highest BCUT2D eigenvalue weighted by Crippen LogP contribution is 2.28. The van der Waals surface area contributed by atoms with Crippen LogP contribution < -0.4 is 0 Å². The lowest BCUT2D eigenvalue weighted by molar-refractivity contribution is -0.0146. The topological polar surface area (TPSA) is 49.8 Å². The summed E-state index contributed by atoms with van der Waals surface area (Å²) in [5.74, 6) is 0.616. The van der Waals surface area contributed by atoms with Gasteiger partial charge >= 0.3 is 6.09 Å². The minimum absolute atomic E-state index is 0.124. The number of carbonyl (C=O) groups excluding carboxylic acids is 1. The summed E-state index contributed by atoms with van der Waals surface area (Å²) < 4.78 is 5.31. The van der Waals surface area contributed by atoms with Crippen LogP contribution in [0.5, 0.6) is 0 Å². The normalized spacial score (nSPS) is 25.5. The molecule has 2 unspecified atom stereocenters. The first-order valence-corrected chi connectivity index (χ1v) is 6.44. The van der Waals surface area contributed by atoms with Crippen molar-refractivity contribution in [3.05, 3.63) is 0 Å². The first-order chi connectivity index (χ1) is 7.83. The van der Waals surface area contributed by atoms with Crippen molar-refractivity contribution in [3.63, 3.8) is 0 Å². The van der Waals surface area contributed by atoms with Crippen molar-refractivity contribution in [3.8, 4) is 0 Å². The van der Waals surface area contributed by atoms with Gasteiger partial charge in [0.2, 0.25) is 0 Å². The smallest absolute Gasteiger partial charge is 0.412 e. The van der Waals surface area contributed by atoms with Gasteiger partial charge in [-0.3, -0.25) is 4.90 Å². The number of aliphatic hydroxyl groups excluding tert-OH is 1. The van der Waals surface area contributed by atoms with Gasteiger partial charge in [0.25, 0.3) is 0 Å². The number of hydrogen-bond acceptors (Lipinski definition) is 3. The molecule has 0 spiro atoms. The fraction of sp³-hybridized carbons (Fsp3) is 0.923. The second-order valence-corrected chi connectivity index (χ2v) is 6.02. The molecular formula is C13H25NO3. The Kier molecular flexibility index (Phi) is 4.80. The predicted molar refractivity (Wildman–Crippen MR) is 66.6 cm³/mol. The zero-order valence-electron chi connectivity index (χ0n) is 11.4. The summed E-state index contributed by atoms with van der Waals surface area (Å²) in [7, 11) is 0. The maximum atomic E-state index is 11.9. The van der Waals surface area contributed by atoms with E-state index in [2.05, 4.69) is 6.92 Å². The number of aliphatic hydroxyl groups is 1. The quantitative estimate of drug-likeness (QED) is 0.759. The van der Waals surface area contributed by atoms with Gasteiger partial charge in [0.1, 0.15) is 12.3 Å². The van der Waals surface area contributed by atoms with Crippen molar-refractivity contribution >= 4 is 6.09 Å². The molecule has 0 radical (unpaired) electrons. The average molecular weight is 243 g/mol. The third-order valence-corrected chi connectivity index (χ3v) is 3.13. The van der Waals surface area contributed by atoms with Gasteiger partial charge in [-0.05, 0) is 39.5 Å². The molecule has 0 bridgehead atoms. The van der Waals surface area contributed by atoms with Crippen LogP contribution in [0.1, 0.15) is 53.4 Å². The van der Waals surface area contributed by atoms with Crippen molar-refractivity contribution in [2.45, 2.75) is 65.0 Å². The van der Waals surface area contributed by atoms with Crippen LogP contribution >= 0.6 is 0 Å². The average Bonchev–Trinajstić information content (AvgIpc) is 2.15. The second-order valence-electron chi connectivity index (χ2n) is 6.02. The Morgan fingerprint density at radius 3 is 2.53 bits per heavy atom. The lowest BCUT2D eigenvalue weighted by Gasteiger charge is -2.36. The summed E-state index contributed by atoms with van der Waals surface area (Å²) in [6.45, 7) is 7.45. The summed E-state index contributed by atoms with van der Waals surface area (Å²) in [6, 6.07) is 0.124. The molecule has 17 heavy (non-hydrogen) atoms. The highest BCUT2D eigenvalue weighted by molar-refractivity contribution is 5.68. The van der Waals surface area contributed by atoms with E-state index in [1.165, 1.54) is 11.3 Å². The second kappa shape index (κ2) is 5.71. The van der Waals surface area contributed by atoms with Crippen LogP contribution in [0.25, 0.3) is 0 Å². The molecule has 1 fully saturated rings. The van der Waals surface area contributed by atoms with Gasteiger partial charge in [-0.25, -0.2) is 4.79 Å². The van der Waals surface area contributed by atoms with Gasteiger partial charge in [-0.2, -0.15) is 0 Å². The molecule has 1 aliphatic carbocycles. The van der Waals surface area contributed by atoms with Crippen LogP contribution in [0.4, 0.5) is 4.79 Å². The van der Waals surface area contributed by atoms with Gasteiger partial charge in [0, 0.05) is 6.04 Å². The maximum absolute atomic E-state index is 11.9. The Morgan fingerprint density at radius 2 is 2.06 bits per heavy atom. The Bertz CT molecular complexity index is 260. The molecule has 0 heterocycles. The van der Waals surface area contributed by atoms with E-state index in [1.807, 2.05) is 20.8 Å². The fourth-order valence-corrected chi connectivity index (χ4v) is 2.33. The van der Waals surface area contributed by atoms with E-state index in [0.717, 1.165) is 19.3 Å². The van der Waals surface area contributed by atoms with Crippen LogP contribution in [-0.4, -0.2) is 34.5 Å². The summed E-state index contributed by atoms with van der Waals surface area (Å²) in [4.78, 5) is 13.4.